The number of hydrogen-bond donors (Lipinski definition) is 1. The lowest BCUT2D eigenvalue weighted by Crippen LogP contribution is -2.06. The summed E-state index contributed by atoms with van der Waals surface area (Å²) in [5, 5.41) is 1.10. The van der Waals surface area contributed by atoms with Crippen LogP contribution in [0.1, 0.15) is 9.67 Å². The van der Waals surface area contributed by atoms with E-state index in [4.69, 9.17) is 4.74 Å². The molecule has 0 atom stereocenters. The normalized spacial score (nSPS) is 11.2. The Labute approximate surface area is 144 Å². The van der Waals surface area contributed by atoms with Crippen molar-refractivity contribution in [3.63, 3.8) is 0 Å². The molecule has 3 aromatic heterocycles. The summed E-state index contributed by atoms with van der Waals surface area (Å²) in [4.78, 5) is 20.0. The molecule has 0 aliphatic rings. The summed E-state index contributed by atoms with van der Waals surface area (Å²) in [5.41, 5.74) is 4.05. The highest BCUT2D eigenvalue weighted by molar-refractivity contribution is 7.20. The van der Waals surface area contributed by atoms with Gasteiger partial charge in [-0.15, -0.1) is 11.3 Å². The Hall–Kier alpha value is -2.13. The fourth-order valence-corrected chi connectivity index (χ4v) is 3.80. The number of hydrogen-bond acceptors (Lipinski definition) is 4. The molecule has 0 spiro atoms. The molecule has 0 aliphatic carbocycles. The van der Waals surface area contributed by atoms with E-state index in [1.54, 1.807) is 0 Å². The highest BCUT2D eigenvalue weighted by Crippen LogP contribution is 2.31. The molecule has 110 valence electrons. The zero-order chi connectivity index (χ0) is 16.0. The van der Waals surface area contributed by atoms with Gasteiger partial charge in [-0.1, -0.05) is 22.8 Å². The molecule has 0 fully saturated rings. The molecule has 0 unspecified atom stereocenters. The average molecular weight is 334 g/mol. The van der Waals surface area contributed by atoms with Crippen molar-refractivity contribution in [1.29, 1.82) is 0 Å². The van der Waals surface area contributed by atoms with E-state index in [1.807, 2.05) is 18.2 Å². The van der Waals surface area contributed by atoms with Crippen molar-refractivity contribution >= 4 is 59.3 Å². The Kier molecular flexibility index (Phi) is 3.46. The van der Waals surface area contributed by atoms with Crippen LogP contribution >= 0.6 is 11.3 Å². The molecule has 4 rings (SSSR count). The second-order valence-corrected chi connectivity index (χ2v) is 6.88. The fourth-order valence-electron chi connectivity index (χ4n) is 2.59. The third kappa shape index (κ3) is 2.55. The zero-order valence-electron chi connectivity index (χ0n) is 12.3. The van der Waals surface area contributed by atoms with E-state index in [2.05, 4.69) is 50.5 Å². The van der Waals surface area contributed by atoms with Crippen LogP contribution in [0.4, 0.5) is 0 Å². The molecule has 1 N–H and O–H groups in total. The van der Waals surface area contributed by atoms with E-state index in [0.29, 0.717) is 4.88 Å². The number of benzene rings is 1. The maximum absolute atomic E-state index is 11.6. The van der Waals surface area contributed by atoms with Gasteiger partial charge in [0, 0.05) is 11.1 Å². The Morgan fingerprint density at radius 2 is 2.09 bits per heavy atom. The van der Waals surface area contributed by atoms with Crippen molar-refractivity contribution in [2.24, 2.45) is 0 Å². The van der Waals surface area contributed by atoms with Gasteiger partial charge in [0.1, 0.15) is 4.88 Å². The van der Waals surface area contributed by atoms with E-state index in [-0.39, 0.29) is 5.97 Å². The number of ether oxygens (including phenoxy) is 1. The van der Waals surface area contributed by atoms with Crippen LogP contribution in [0, 0.1) is 0 Å². The van der Waals surface area contributed by atoms with Crippen LogP contribution in [0.5, 0.6) is 0 Å². The highest BCUT2D eigenvalue weighted by atomic mass is 32.1. The Morgan fingerprint density at radius 3 is 2.87 bits per heavy atom. The van der Waals surface area contributed by atoms with Crippen LogP contribution in [-0.4, -0.2) is 39.3 Å². The minimum absolute atomic E-state index is 0.300. The molecule has 1 aromatic carbocycles. The van der Waals surface area contributed by atoms with Crippen LogP contribution in [0.25, 0.3) is 32.4 Å². The first kappa shape index (κ1) is 14.5. The van der Waals surface area contributed by atoms with Gasteiger partial charge in [0.2, 0.25) is 16.3 Å². The first-order valence-corrected chi connectivity index (χ1v) is 8.41. The van der Waals surface area contributed by atoms with E-state index in [0.717, 1.165) is 36.9 Å². The number of carbonyl (C=O) groups is 1. The third-order valence-corrected chi connectivity index (χ3v) is 5.10. The predicted molar refractivity (Wildman–Crippen MR) is 93.6 cm³/mol. The first-order valence-electron chi connectivity index (χ1n) is 7.01. The lowest BCUT2D eigenvalue weighted by molar-refractivity contribution is 0.0606. The quantitative estimate of drug-likeness (QED) is 0.453. The first-order chi connectivity index (χ1) is 11.1. The third-order valence-electron chi connectivity index (χ3n) is 3.71. The number of rotatable bonds is 2. The molecular weight excluding hydrogens is 323 g/mol. The molecule has 0 saturated carbocycles. The van der Waals surface area contributed by atoms with Gasteiger partial charge in [-0.25, -0.2) is 4.79 Å². The van der Waals surface area contributed by atoms with Crippen molar-refractivity contribution < 1.29 is 9.53 Å². The maximum Gasteiger partial charge on any atom is 0.348 e. The summed E-state index contributed by atoms with van der Waals surface area (Å²) in [6.45, 7) is 0. The molecule has 6 heteroatoms. The van der Waals surface area contributed by atoms with Crippen LogP contribution in [0.15, 0.2) is 42.5 Å². The lowest BCUT2D eigenvalue weighted by atomic mass is 10.1. The molecule has 2 radical (unpaired) electrons. The molecule has 0 amide bonds. The monoisotopic (exact) mass is 334 g/mol. The maximum atomic E-state index is 11.6. The fraction of sp³-hybridized carbons (Fsp3) is 0.0588. The summed E-state index contributed by atoms with van der Waals surface area (Å²) in [6, 6.07) is 14.1. The van der Waals surface area contributed by atoms with Gasteiger partial charge in [-0.2, -0.15) is 0 Å². The number of aromatic amines is 1. The largest absolute Gasteiger partial charge is 0.465 e. The van der Waals surface area contributed by atoms with Crippen LogP contribution in [0.3, 0.4) is 0 Å². The van der Waals surface area contributed by atoms with E-state index in [9.17, 15) is 4.79 Å². The van der Waals surface area contributed by atoms with Crippen LogP contribution in [0.2, 0.25) is 0 Å². The number of thiophene rings is 1. The van der Waals surface area contributed by atoms with Gasteiger partial charge < -0.3 is 9.72 Å². The number of nitrogens with zero attached hydrogens (tertiary/aromatic N) is 1. The summed E-state index contributed by atoms with van der Waals surface area (Å²) >= 11 is 4.04. The molecule has 0 saturated heterocycles. The number of methoxy groups -OCH3 is 1. The van der Waals surface area contributed by atoms with Crippen molar-refractivity contribution in [1.82, 2.24) is 9.97 Å². The van der Waals surface area contributed by atoms with E-state index >= 15 is 0 Å². The second kappa shape index (κ2) is 5.50. The number of carbonyl (C=O) groups excluding carboxylic acids is 1. The van der Waals surface area contributed by atoms with Gasteiger partial charge in [-0.05, 0) is 29.8 Å². The molecular formula is C17H11AlN2O2S. The van der Waals surface area contributed by atoms with Gasteiger partial charge in [0.05, 0.1) is 22.8 Å². The molecule has 4 nitrogen and oxygen atoms in total. The van der Waals surface area contributed by atoms with Crippen molar-refractivity contribution in [3.8, 4) is 11.3 Å². The van der Waals surface area contributed by atoms with Crippen LogP contribution < -0.4 is 4.56 Å². The molecule has 4 aromatic rings. The Bertz CT molecular complexity index is 1020. The lowest BCUT2D eigenvalue weighted by Gasteiger charge is -2.03. The standard InChI is InChI=1S/C17H11N2O2S.Al/c1-21-17(20)16-9-14-15(22-16)8-13(19-14)11-4-5-12-10(7-11)3-2-6-18-12;/h2-5,7-9,19H,1H3;. The number of fused-ring (bicyclic) bond motifs is 2. The summed E-state index contributed by atoms with van der Waals surface area (Å²) in [6.07, 6.45) is 0. The molecule has 3 heterocycles. The number of esters is 1. The van der Waals surface area contributed by atoms with E-state index in [1.165, 1.54) is 18.4 Å². The van der Waals surface area contributed by atoms with Crippen molar-refractivity contribution in [2.45, 2.75) is 0 Å². The van der Waals surface area contributed by atoms with Gasteiger partial charge in [-0.3, -0.25) is 4.98 Å². The van der Waals surface area contributed by atoms with Crippen LogP contribution in [-0.2, 0) is 4.74 Å². The van der Waals surface area contributed by atoms with Gasteiger partial charge >= 0.3 is 5.97 Å². The summed E-state index contributed by atoms with van der Waals surface area (Å²) in [5.74, 6) is -0.300. The van der Waals surface area contributed by atoms with E-state index < -0.39 is 0 Å². The summed E-state index contributed by atoms with van der Waals surface area (Å²) in [7, 11) is 1.39. The topological polar surface area (TPSA) is 55.0 Å². The predicted octanol–water partition coefficient (Wildman–Crippen LogP) is 3.03. The zero-order valence-corrected chi connectivity index (χ0v) is 14.3. The molecule has 23 heavy (non-hydrogen) atoms. The Balaban J connectivity index is 1.77. The SMILES string of the molecule is COC(=O)c1cc2[nH]c(-c3ccc4n[c]([Al])ccc4c3)cc2s1. The van der Waals surface area contributed by atoms with Gasteiger partial charge in [0.15, 0.2) is 0 Å². The van der Waals surface area contributed by atoms with Crippen molar-refractivity contribution in [3.05, 3.63) is 47.3 Å². The number of aromatic nitrogens is 2. The minimum atomic E-state index is -0.300. The minimum Gasteiger partial charge on any atom is -0.465 e. The smallest absolute Gasteiger partial charge is 0.348 e. The highest BCUT2D eigenvalue weighted by Gasteiger charge is 2.13. The van der Waals surface area contributed by atoms with Gasteiger partial charge in [0.25, 0.3) is 0 Å². The molecule has 0 aliphatic heterocycles. The summed E-state index contributed by atoms with van der Waals surface area (Å²) < 4.78 is 6.73. The number of H-pyrrole nitrogens is 1. The average Bonchev–Trinajstić information content (AvgIpc) is 3.12. The second-order valence-electron chi connectivity index (χ2n) is 5.21. The van der Waals surface area contributed by atoms with Crippen molar-refractivity contribution in [2.75, 3.05) is 7.11 Å². The number of pyridine rings is 1. The molecule has 0 bridgehead atoms. The number of nitrogens with one attached hydrogen (secondary N) is 1. The Morgan fingerprint density at radius 1 is 1.22 bits per heavy atom.